The van der Waals surface area contributed by atoms with Crippen LogP contribution in [-0.2, 0) is 25.9 Å². The van der Waals surface area contributed by atoms with Gasteiger partial charge < -0.3 is 14.4 Å². The van der Waals surface area contributed by atoms with Crippen molar-refractivity contribution in [3.05, 3.63) is 20.8 Å². The van der Waals surface area contributed by atoms with Crippen molar-refractivity contribution in [2.45, 2.75) is 5.16 Å². The average Bonchev–Trinajstić information content (AvgIpc) is 2.93. The molecule has 0 unspecified atom stereocenters. The molecule has 9 nitrogen and oxygen atoms in total. The normalized spacial score (nSPS) is 15.9. The highest BCUT2D eigenvalue weighted by molar-refractivity contribution is 7.99. The summed E-state index contributed by atoms with van der Waals surface area (Å²) in [6.07, 6.45) is 0. The summed E-state index contributed by atoms with van der Waals surface area (Å²) in [4.78, 5) is 44.5. The standard InChI is InChI=1S/C15H22N6O3S/c1-17-5-7-21(8-6-17)10(22)9-25-14-16-12-11(18(14)2)13(23)20(4)15(24)19(12)3/h5-9H2,1-4H3/p+1. The van der Waals surface area contributed by atoms with E-state index < -0.39 is 5.69 Å². The van der Waals surface area contributed by atoms with E-state index in [1.165, 1.54) is 28.3 Å². The molecule has 0 aromatic carbocycles. The Hall–Kier alpha value is -2.07. The fourth-order valence-corrected chi connectivity index (χ4v) is 3.85. The summed E-state index contributed by atoms with van der Waals surface area (Å²) in [6.45, 7) is 3.45. The molecule has 2 aromatic heterocycles. The second-order valence-electron chi connectivity index (χ2n) is 6.46. The lowest BCUT2D eigenvalue weighted by atomic mass is 10.3. The van der Waals surface area contributed by atoms with Crippen LogP contribution in [0.15, 0.2) is 14.7 Å². The van der Waals surface area contributed by atoms with Crippen LogP contribution in [0.25, 0.3) is 11.2 Å². The first kappa shape index (κ1) is 17.7. The van der Waals surface area contributed by atoms with Gasteiger partial charge in [-0.2, -0.15) is 0 Å². The molecule has 10 heteroatoms. The van der Waals surface area contributed by atoms with E-state index in [1.807, 2.05) is 4.90 Å². The van der Waals surface area contributed by atoms with Gasteiger partial charge in [-0.1, -0.05) is 11.8 Å². The lowest BCUT2D eigenvalue weighted by Crippen LogP contribution is -3.12. The second kappa shape index (κ2) is 6.68. The topological polar surface area (TPSA) is 86.6 Å². The molecular formula is C15H23N6O3S+. The molecule has 1 amide bonds. The summed E-state index contributed by atoms with van der Waals surface area (Å²) in [6, 6.07) is 0. The molecule has 136 valence electrons. The van der Waals surface area contributed by atoms with Gasteiger partial charge in [0.05, 0.1) is 39.0 Å². The Balaban J connectivity index is 1.83. The fraction of sp³-hybridized carbons (Fsp3) is 0.600. The number of nitrogens with zero attached hydrogens (tertiary/aromatic N) is 5. The summed E-state index contributed by atoms with van der Waals surface area (Å²) < 4.78 is 4.07. The number of quaternary nitrogens is 1. The maximum atomic E-state index is 12.4. The predicted octanol–water partition coefficient (Wildman–Crippen LogP) is -2.58. The SMILES string of the molecule is Cn1c(=O)c2c(nc(SCC(=O)N3CC[NH+](C)CC3)n2C)n(C)c1=O. The van der Waals surface area contributed by atoms with E-state index in [9.17, 15) is 14.4 Å². The van der Waals surface area contributed by atoms with Gasteiger partial charge in [0.1, 0.15) is 0 Å². The first-order valence-electron chi connectivity index (χ1n) is 8.15. The van der Waals surface area contributed by atoms with Gasteiger partial charge in [-0.15, -0.1) is 0 Å². The number of aromatic nitrogens is 4. The number of imidazole rings is 1. The molecular weight excluding hydrogens is 344 g/mol. The van der Waals surface area contributed by atoms with E-state index in [0.29, 0.717) is 16.3 Å². The molecule has 1 aliphatic rings. The molecule has 1 aliphatic heterocycles. The molecule has 0 saturated carbocycles. The van der Waals surface area contributed by atoms with E-state index >= 15 is 0 Å². The maximum Gasteiger partial charge on any atom is 0.332 e. The van der Waals surface area contributed by atoms with Crippen molar-refractivity contribution in [3.63, 3.8) is 0 Å². The molecule has 0 aliphatic carbocycles. The van der Waals surface area contributed by atoms with Crippen LogP contribution in [0, 0.1) is 0 Å². The molecule has 25 heavy (non-hydrogen) atoms. The quantitative estimate of drug-likeness (QED) is 0.602. The summed E-state index contributed by atoms with van der Waals surface area (Å²) >= 11 is 1.29. The van der Waals surface area contributed by atoms with Crippen molar-refractivity contribution in [2.75, 3.05) is 39.0 Å². The number of piperazine rings is 1. The molecule has 1 fully saturated rings. The number of amides is 1. The highest BCUT2D eigenvalue weighted by Crippen LogP contribution is 2.20. The summed E-state index contributed by atoms with van der Waals surface area (Å²) in [5, 5.41) is 0.557. The highest BCUT2D eigenvalue weighted by atomic mass is 32.2. The maximum absolute atomic E-state index is 12.4. The first-order valence-corrected chi connectivity index (χ1v) is 9.14. The summed E-state index contributed by atoms with van der Waals surface area (Å²) in [7, 11) is 6.89. The number of thioether (sulfide) groups is 1. The number of likely N-dealkylation sites (N-methyl/N-ethyl adjacent to an activating group) is 1. The van der Waals surface area contributed by atoms with Crippen molar-refractivity contribution >= 4 is 28.8 Å². The third-order valence-electron chi connectivity index (χ3n) is 4.73. The molecule has 1 N–H and O–H groups in total. The van der Waals surface area contributed by atoms with E-state index in [0.717, 1.165) is 30.7 Å². The number of carbonyl (C=O) groups excluding carboxylic acids is 1. The van der Waals surface area contributed by atoms with Gasteiger partial charge in [0.25, 0.3) is 5.56 Å². The average molecular weight is 367 g/mol. The van der Waals surface area contributed by atoms with Gasteiger partial charge in [-0.05, 0) is 0 Å². The van der Waals surface area contributed by atoms with Crippen molar-refractivity contribution in [1.29, 1.82) is 0 Å². The Bertz CT molecular complexity index is 935. The van der Waals surface area contributed by atoms with Crippen molar-refractivity contribution < 1.29 is 9.69 Å². The van der Waals surface area contributed by atoms with Gasteiger partial charge in [0.15, 0.2) is 16.3 Å². The Kier molecular flexibility index (Phi) is 4.74. The fourth-order valence-electron chi connectivity index (χ4n) is 2.98. The number of aryl methyl sites for hydroxylation is 2. The molecule has 3 heterocycles. The molecule has 2 aromatic rings. The first-order chi connectivity index (χ1) is 11.8. The van der Waals surface area contributed by atoms with Crippen LogP contribution in [0.3, 0.4) is 0 Å². The van der Waals surface area contributed by atoms with E-state index in [-0.39, 0.29) is 17.2 Å². The Morgan fingerprint density at radius 1 is 1.12 bits per heavy atom. The molecule has 0 spiro atoms. The van der Waals surface area contributed by atoms with Gasteiger partial charge in [0.2, 0.25) is 5.91 Å². The largest absolute Gasteiger partial charge is 0.334 e. The molecule has 0 radical (unpaired) electrons. The lowest BCUT2D eigenvalue weighted by Gasteiger charge is -2.29. The Morgan fingerprint density at radius 2 is 1.76 bits per heavy atom. The van der Waals surface area contributed by atoms with Crippen LogP contribution >= 0.6 is 11.8 Å². The smallest absolute Gasteiger partial charge is 0.332 e. The number of rotatable bonds is 3. The zero-order chi connectivity index (χ0) is 18.3. The van der Waals surface area contributed by atoms with Gasteiger partial charge >= 0.3 is 5.69 Å². The van der Waals surface area contributed by atoms with Crippen LogP contribution in [0.4, 0.5) is 0 Å². The van der Waals surface area contributed by atoms with Gasteiger partial charge in [-0.25, -0.2) is 9.78 Å². The van der Waals surface area contributed by atoms with E-state index in [2.05, 4.69) is 12.0 Å². The highest BCUT2D eigenvalue weighted by Gasteiger charge is 2.23. The van der Waals surface area contributed by atoms with Gasteiger partial charge in [-0.3, -0.25) is 18.7 Å². The summed E-state index contributed by atoms with van der Waals surface area (Å²) in [5.41, 5.74) is -0.0898. The minimum atomic E-state index is -0.414. The Labute approximate surface area is 148 Å². The molecule has 0 atom stereocenters. The number of hydrogen-bond donors (Lipinski definition) is 1. The van der Waals surface area contributed by atoms with E-state index in [1.54, 1.807) is 18.7 Å². The van der Waals surface area contributed by atoms with E-state index in [4.69, 9.17) is 0 Å². The lowest BCUT2D eigenvalue weighted by molar-refractivity contribution is -0.883. The van der Waals surface area contributed by atoms with Crippen molar-refractivity contribution in [1.82, 2.24) is 23.6 Å². The zero-order valence-corrected chi connectivity index (χ0v) is 15.7. The van der Waals surface area contributed by atoms with Gasteiger partial charge in [0, 0.05) is 21.1 Å². The number of nitrogens with one attached hydrogen (secondary N) is 1. The minimum absolute atomic E-state index is 0.0753. The predicted molar refractivity (Wildman–Crippen MR) is 95.1 cm³/mol. The van der Waals surface area contributed by atoms with Crippen LogP contribution in [0.5, 0.6) is 0 Å². The Morgan fingerprint density at radius 3 is 2.40 bits per heavy atom. The third kappa shape index (κ3) is 3.11. The van der Waals surface area contributed by atoms with Crippen LogP contribution in [0.2, 0.25) is 0 Å². The van der Waals surface area contributed by atoms with Crippen LogP contribution in [0.1, 0.15) is 0 Å². The third-order valence-corrected chi connectivity index (χ3v) is 5.74. The molecule has 3 rings (SSSR count). The van der Waals surface area contributed by atoms with Crippen LogP contribution < -0.4 is 16.1 Å². The van der Waals surface area contributed by atoms with Crippen molar-refractivity contribution in [2.24, 2.45) is 21.1 Å². The van der Waals surface area contributed by atoms with Crippen molar-refractivity contribution in [3.8, 4) is 0 Å². The number of carbonyl (C=O) groups is 1. The molecule has 1 saturated heterocycles. The number of fused-ring (bicyclic) bond motifs is 1. The second-order valence-corrected chi connectivity index (χ2v) is 7.40. The zero-order valence-electron chi connectivity index (χ0n) is 14.9. The summed E-state index contributed by atoms with van der Waals surface area (Å²) in [5.74, 6) is 0.344. The molecule has 0 bridgehead atoms. The minimum Gasteiger partial charge on any atom is -0.334 e. The monoisotopic (exact) mass is 367 g/mol. The van der Waals surface area contributed by atoms with Crippen LogP contribution in [-0.4, -0.2) is 68.5 Å². The number of hydrogen-bond acceptors (Lipinski definition) is 5.